The third kappa shape index (κ3) is 3.60. The van der Waals surface area contributed by atoms with E-state index in [1.54, 1.807) is 0 Å². The van der Waals surface area contributed by atoms with Gasteiger partial charge in [0, 0.05) is 19.6 Å². The van der Waals surface area contributed by atoms with E-state index < -0.39 is 11.7 Å². The predicted octanol–water partition coefficient (Wildman–Crippen LogP) is 2.28. The van der Waals surface area contributed by atoms with Crippen LogP contribution in [-0.4, -0.2) is 43.9 Å². The fourth-order valence-corrected chi connectivity index (χ4v) is 2.52. The van der Waals surface area contributed by atoms with E-state index in [1.807, 2.05) is 6.08 Å². The minimum Gasteiger partial charge on any atom is -0.379 e. The van der Waals surface area contributed by atoms with E-state index in [-0.39, 0.29) is 6.10 Å². The largest absolute Gasteiger partial charge is 0.416 e. The summed E-state index contributed by atoms with van der Waals surface area (Å²) in [7, 11) is 0. The fourth-order valence-electron chi connectivity index (χ4n) is 2.52. The molecule has 22 heavy (non-hydrogen) atoms. The lowest BCUT2D eigenvalue weighted by Crippen LogP contribution is -2.40. The van der Waals surface area contributed by atoms with Crippen LogP contribution in [0.3, 0.4) is 0 Å². The van der Waals surface area contributed by atoms with Gasteiger partial charge in [-0.2, -0.15) is 13.2 Å². The van der Waals surface area contributed by atoms with E-state index >= 15 is 0 Å². The zero-order valence-corrected chi connectivity index (χ0v) is 11.9. The minimum absolute atomic E-state index is 0.115. The van der Waals surface area contributed by atoms with Gasteiger partial charge in [-0.3, -0.25) is 15.2 Å². The smallest absolute Gasteiger partial charge is 0.379 e. The van der Waals surface area contributed by atoms with Gasteiger partial charge in [-0.15, -0.1) is 0 Å². The number of morpholine rings is 1. The van der Waals surface area contributed by atoms with Gasteiger partial charge in [0.2, 0.25) is 0 Å². The Balaban J connectivity index is 1.63. The molecule has 4 nitrogen and oxygen atoms in total. The van der Waals surface area contributed by atoms with Crippen molar-refractivity contribution in [3.63, 3.8) is 0 Å². The number of ether oxygens (including phenoxy) is 1. The molecule has 1 N–H and O–H groups in total. The van der Waals surface area contributed by atoms with Crippen molar-refractivity contribution in [1.82, 2.24) is 10.4 Å². The van der Waals surface area contributed by atoms with E-state index in [2.05, 4.69) is 10.4 Å². The molecule has 1 aromatic carbocycles. The first kappa shape index (κ1) is 15.3. The number of hydrogen-bond acceptors (Lipinski definition) is 4. The second kappa shape index (κ2) is 6.28. The SMILES string of the molecule is FC(F)(F)c1ccc(C2=CC(CN3CCOCC3)ON2)cc1. The first-order valence-corrected chi connectivity index (χ1v) is 7.13. The number of hydrogen-bond donors (Lipinski definition) is 1. The highest BCUT2D eigenvalue weighted by Gasteiger charge is 2.30. The van der Waals surface area contributed by atoms with Gasteiger partial charge in [0.15, 0.2) is 0 Å². The minimum atomic E-state index is -4.31. The Bertz CT molecular complexity index is 537. The Morgan fingerprint density at radius 1 is 1.14 bits per heavy atom. The molecule has 2 aliphatic rings. The summed E-state index contributed by atoms with van der Waals surface area (Å²) in [5.41, 5.74) is 3.52. The predicted molar refractivity (Wildman–Crippen MR) is 74.7 cm³/mol. The van der Waals surface area contributed by atoms with Gasteiger partial charge in [-0.25, -0.2) is 0 Å². The van der Waals surface area contributed by atoms with Crippen molar-refractivity contribution in [3.05, 3.63) is 41.5 Å². The van der Waals surface area contributed by atoms with Crippen LogP contribution in [-0.2, 0) is 15.8 Å². The van der Waals surface area contributed by atoms with Gasteiger partial charge < -0.3 is 4.74 Å². The molecule has 0 aromatic heterocycles. The normalized spacial score (nSPS) is 23.2. The van der Waals surface area contributed by atoms with Crippen molar-refractivity contribution < 1.29 is 22.7 Å². The summed E-state index contributed by atoms with van der Waals surface area (Å²) >= 11 is 0. The second-order valence-electron chi connectivity index (χ2n) is 5.33. The standard InChI is InChI=1S/C15H17F3N2O2/c16-15(17,18)12-3-1-11(2-4-12)14-9-13(22-19-14)10-20-5-7-21-8-6-20/h1-4,9,13,19H,5-8,10H2. The van der Waals surface area contributed by atoms with Gasteiger partial charge in [-0.05, 0) is 23.8 Å². The number of nitrogens with zero attached hydrogens (tertiary/aromatic N) is 1. The average molecular weight is 314 g/mol. The lowest BCUT2D eigenvalue weighted by molar-refractivity contribution is -0.137. The highest BCUT2D eigenvalue weighted by molar-refractivity contribution is 5.65. The molecule has 0 spiro atoms. The van der Waals surface area contributed by atoms with E-state index in [4.69, 9.17) is 9.57 Å². The summed E-state index contributed by atoms with van der Waals surface area (Å²) in [4.78, 5) is 7.71. The maximum absolute atomic E-state index is 12.5. The molecule has 0 radical (unpaired) electrons. The molecule has 1 unspecified atom stereocenters. The van der Waals surface area contributed by atoms with Gasteiger partial charge in [0.1, 0.15) is 6.10 Å². The molecule has 120 valence electrons. The van der Waals surface area contributed by atoms with Gasteiger partial charge in [-0.1, -0.05) is 12.1 Å². The summed E-state index contributed by atoms with van der Waals surface area (Å²) in [6.45, 7) is 3.90. The maximum Gasteiger partial charge on any atom is 0.416 e. The van der Waals surface area contributed by atoms with Gasteiger partial charge in [0.05, 0.1) is 24.5 Å². The number of halogens is 3. The van der Waals surface area contributed by atoms with Crippen molar-refractivity contribution in [2.24, 2.45) is 0 Å². The number of hydroxylamine groups is 1. The summed E-state index contributed by atoms with van der Waals surface area (Å²) in [6.07, 6.45) is -2.53. The molecule has 0 aliphatic carbocycles. The topological polar surface area (TPSA) is 33.7 Å². The number of alkyl halides is 3. The highest BCUT2D eigenvalue weighted by atomic mass is 19.4. The third-order valence-corrected chi connectivity index (χ3v) is 3.74. The number of rotatable bonds is 3. The summed E-state index contributed by atoms with van der Waals surface area (Å²) in [6, 6.07) is 5.05. The average Bonchev–Trinajstić information content (AvgIpc) is 2.96. The van der Waals surface area contributed by atoms with Crippen LogP contribution in [0.15, 0.2) is 30.3 Å². The summed E-state index contributed by atoms with van der Waals surface area (Å²) in [5, 5.41) is 0. The van der Waals surface area contributed by atoms with Crippen LogP contribution in [0.5, 0.6) is 0 Å². The van der Waals surface area contributed by atoms with Crippen LogP contribution in [0, 0.1) is 0 Å². The van der Waals surface area contributed by atoms with Crippen LogP contribution in [0.4, 0.5) is 13.2 Å². The lowest BCUT2D eigenvalue weighted by Gasteiger charge is -2.27. The monoisotopic (exact) mass is 314 g/mol. The van der Waals surface area contributed by atoms with Crippen molar-refractivity contribution >= 4 is 5.70 Å². The Morgan fingerprint density at radius 3 is 2.45 bits per heavy atom. The van der Waals surface area contributed by atoms with Crippen LogP contribution < -0.4 is 5.48 Å². The van der Waals surface area contributed by atoms with Crippen LogP contribution >= 0.6 is 0 Å². The van der Waals surface area contributed by atoms with E-state index in [1.165, 1.54) is 12.1 Å². The molecule has 7 heteroatoms. The molecule has 2 heterocycles. The second-order valence-corrected chi connectivity index (χ2v) is 5.33. The van der Waals surface area contributed by atoms with Gasteiger partial charge >= 0.3 is 6.18 Å². The number of benzene rings is 1. The van der Waals surface area contributed by atoms with E-state index in [0.717, 1.165) is 45.0 Å². The van der Waals surface area contributed by atoms with Crippen molar-refractivity contribution in [2.75, 3.05) is 32.8 Å². The van der Waals surface area contributed by atoms with Crippen molar-refractivity contribution in [2.45, 2.75) is 12.3 Å². The summed E-state index contributed by atoms with van der Waals surface area (Å²) in [5.74, 6) is 0. The zero-order valence-electron chi connectivity index (χ0n) is 11.9. The van der Waals surface area contributed by atoms with E-state index in [0.29, 0.717) is 11.3 Å². The third-order valence-electron chi connectivity index (χ3n) is 3.74. The quantitative estimate of drug-likeness (QED) is 0.928. The maximum atomic E-state index is 12.5. The molecule has 2 aliphatic heterocycles. The molecule has 0 saturated carbocycles. The first-order chi connectivity index (χ1) is 10.5. The van der Waals surface area contributed by atoms with Gasteiger partial charge in [0.25, 0.3) is 0 Å². The zero-order chi connectivity index (χ0) is 15.6. The van der Waals surface area contributed by atoms with E-state index in [9.17, 15) is 13.2 Å². The molecular weight excluding hydrogens is 297 g/mol. The number of nitrogens with one attached hydrogen (secondary N) is 1. The Morgan fingerprint density at radius 2 is 1.82 bits per heavy atom. The molecule has 0 amide bonds. The molecule has 1 aromatic rings. The highest BCUT2D eigenvalue weighted by Crippen LogP contribution is 2.30. The molecular formula is C15H17F3N2O2. The Kier molecular flexibility index (Phi) is 4.37. The Hall–Kier alpha value is -1.57. The summed E-state index contributed by atoms with van der Waals surface area (Å²) < 4.78 is 42.9. The molecule has 3 rings (SSSR count). The molecule has 1 saturated heterocycles. The fraction of sp³-hybridized carbons (Fsp3) is 0.467. The molecule has 1 fully saturated rings. The van der Waals surface area contributed by atoms with Crippen LogP contribution in [0.25, 0.3) is 5.70 Å². The van der Waals surface area contributed by atoms with Crippen molar-refractivity contribution in [3.8, 4) is 0 Å². The molecule has 1 atom stereocenters. The lowest BCUT2D eigenvalue weighted by atomic mass is 10.1. The van der Waals surface area contributed by atoms with Crippen LogP contribution in [0.1, 0.15) is 11.1 Å². The molecule has 0 bridgehead atoms. The van der Waals surface area contributed by atoms with Crippen LogP contribution in [0.2, 0.25) is 0 Å². The van der Waals surface area contributed by atoms with Crippen molar-refractivity contribution in [1.29, 1.82) is 0 Å². The Labute approximate surface area is 126 Å². The first-order valence-electron chi connectivity index (χ1n) is 7.13.